The minimum absolute atomic E-state index is 0.150. The first-order valence-corrected chi connectivity index (χ1v) is 12.2. The normalized spacial score (nSPS) is 16.7. The molecule has 0 aliphatic rings. The van der Waals surface area contributed by atoms with E-state index in [1.54, 1.807) is 0 Å². The number of rotatable bonds is 19. The van der Waals surface area contributed by atoms with E-state index in [9.17, 15) is 14.7 Å². The Morgan fingerprint density at radius 3 is 1.76 bits per heavy atom. The molecule has 0 bridgehead atoms. The topological polar surface area (TPSA) is 74.6 Å². The number of aliphatic carboxylic acids is 2. The monoisotopic (exact) mass is 412 g/mol. The van der Waals surface area contributed by atoms with E-state index in [0.29, 0.717) is 24.7 Å². The lowest BCUT2D eigenvalue weighted by atomic mass is 9.55. The number of carbonyl (C=O) groups is 2. The summed E-state index contributed by atoms with van der Waals surface area (Å²) in [5, 5.41) is 19.0. The molecule has 0 heterocycles. The van der Waals surface area contributed by atoms with Crippen LogP contribution in [0.5, 0.6) is 0 Å². The Labute approximate surface area is 179 Å². The first-order valence-electron chi connectivity index (χ1n) is 12.2. The van der Waals surface area contributed by atoms with Crippen molar-refractivity contribution in [3.05, 3.63) is 0 Å². The molecule has 3 atom stereocenters. The maximum absolute atomic E-state index is 12.5. The van der Waals surface area contributed by atoms with Crippen molar-refractivity contribution < 1.29 is 19.8 Å². The van der Waals surface area contributed by atoms with Crippen LogP contribution in [0.2, 0.25) is 0 Å². The van der Waals surface area contributed by atoms with Gasteiger partial charge in [-0.25, -0.2) is 0 Å². The Morgan fingerprint density at radius 2 is 1.28 bits per heavy atom. The van der Waals surface area contributed by atoms with Crippen LogP contribution in [-0.4, -0.2) is 22.2 Å². The van der Waals surface area contributed by atoms with Gasteiger partial charge in [-0.3, -0.25) is 9.59 Å². The lowest BCUT2D eigenvalue weighted by molar-refractivity contribution is -0.153. The van der Waals surface area contributed by atoms with E-state index in [2.05, 4.69) is 34.6 Å². The molecule has 29 heavy (non-hydrogen) atoms. The van der Waals surface area contributed by atoms with Crippen molar-refractivity contribution in [1.82, 2.24) is 0 Å². The molecular formula is C25H48O4. The van der Waals surface area contributed by atoms with Gasteiger partial charge in [0.2, 0.25) is 0 Å². The van der Waals surface area contributed by atoms with Gasteiger partial charge in [-0.15, -0.1) is 0 Å². The first-order chi connectivity index (χ1) is 13.8. The summed E-state index contributed by atoms with van der Waals surface area (Å²) in [6.45, 7) is 11.1. The highest BCUT2D eigenvalue weighted by Crippen LogP contribution is 2.51. The number of unbranched alkanes of at least 4 members (excludes halogenated alkanes) is 7. The highest BCUT2D eigenvalue weighted by atomic mass is 16.4. The maximum Gasteiger partial charge on any atom is 0.307 e. The minimum atomic E-state index is -0.746. The van der Waals surface area contributed by atoms with Crippen LogP contribution in [0.3, 0.4) is 0 Å². The van der Waals surface area contributed by atoms with Crippen molar-refractivity contribution in [3.8, 4) is 0 Å². The van der Waals surface area contributed by atoms with E-state index in [4.69, 9.17) is 5.11 Å². The summed E-state index contributed by atoms with van der Waals surface area (Å²) in [5.74, 6) is -0.916. The zero-order valence-electron chi connectivity index (χ0n) is 19.8. The second-order valence-electron chi connectivity index (χ2n) is 9.13. The highest BCUT2D eigenvalue weighted by molar-refractivity contribution is 5.71. The molecule has 0 spiro atoms. The summed E-state index contributed by atoms with van der Waals surface area (Å²) in [4.78, 5) is 23.1. The maximum atomic E-state index is 12.5. The molecule has 0 aromatic carbocycles. The Morgan fingerprint density at radius 1 is 0.759 bits per heavy atom. The lowest BCUT2D eigenvalue weighted by Crippen LogP contribution is -2.46. The van der Waals surface area contributed by atoms with Gasteiger partial charge in [-0.1, -0.05) is 98.8 Å². The summed E-state index contributed by atoms with van der Waals surface area (Å²) in [7, 11) is 0. The third-order valence-electron chi connectivity index (χ3n) is 7.35. The summed E-state index contributed by atoms with van der Waals surface area (Å²) in [5.41, 5.74) is -0.150. The fourth-order valence-corrected chi connectivity index (χ4v) is 5.23. The third kappa shape index (κ3) is 9.53. The van der Waals surface area contributed by atoms with Gasteiger partial charge in [0.25, 0.3) is 0 Å². The molecule has 0 amide bonds. The number of hydrogen-bond acceptors (Lipinski definition) is 2. The van der Waals surface area contributed by atoms with Crippen molar-refractivity contribution in [2.75, 3.05) is 0 Å². The van der Waals surface area contributed by atoms with Gasteiger partial charge >= 0.3 is 11.9 Å². The third-order valence-corrected chi connectivity index (χ3v) is 7.35. The smallest absolute Gasteiger partial charge is 0.307 e. The van der Waals surface area contributed by atoms with Gasteiger partial charge in [-0.2, -0.15) is 0 Å². The largest absolute Gasteiger partial charge is 0.481 e. The van der Waals surface area contributed by atoms with E-state index in [-0.39, 0.29) is 17.8 Å². The lowest BCUT2D eigenvalue weighted by Gasteiger charge is -2.48. The number of hydrogen-bond donors (Lipinski definition) is 2. The van der Waals surface area contributed by atoms with Gasteiger partial charge in [0.1, 0.15) is 0 Å². The van der Waals surface area contributed by atoms with E-state index < -0.39 is 11.9 Å². The average molecular weight is 413 g/mol. The van der Waals surface area contributed by atoms with Crippen molar-refractivity contribution in [3.63, 3.8) is 0 Å². The van der Waals surface area contributed by atoms with Crippen LogP contribution in [0.4, 0.5) is 0 Å². The molecule has 4 heteroatoms. The van der Waals surface area contributed by atoms with Crippen LogP contribution in [0.15, 0.2) is 0 Å². The summed E-state index contributed by atoms with van der Waals surface area (Å²) >= 11 is 0. The van der Waals surface area contributed by atoms with Crippen molar-refractivity contribution in [2.45, 2.75) is 125 Å². The van der Waals surface area contributed by atoms with E-state index >= 15 is 0 Å². The van der Waals surface area contributed by atoms with Crippen LogP contribution < -0.4 is 0 Å². The molecule has 0 radical (unpaired) electrons. The molecule has 172 valence electrons. The molecule has 0 aliphatic carbocycles. The Hall–Kier alpha value is -1.06. The fourth-order valence-electron chi connectivity index (χ4n) is 5.23. The van der Waals surface area contributed by atoms with Gasteiger partial charge in [-0.05, 0) is 36.5 Å². The first kappa shape index (κ1) is 27.9. The summed E-state index contributed by atoms with van der Waals surface area (Å²) in [6.07, 6.45) is 13.4. The zero-order valence-corrected chi connectivity index (χ0v) is 19.8. The van der Waals surface area contributed by atoms with Crippen molar-refractivity contribution in [2.24, 2.45) is 23.2 Å². The van der Waals surface area contributed by atoms with Crippen LogP contribution in [0.1, 0.15) is 125 Å². The second kappa shape index (κ2) is 15.7. The molecule has 0 saturated heterocycles. The summed E-state index contributed by atoms with van der Waals surface area (Å²) in [6, 6.07) is 0. The molecule has 2 N–H and O–H groups in total. The Bertz CT molecular complexity index is 436. The zero-order chi connectivity index (χ0) is 22.3. The summed E-state index contributed by atoms with van der Waals surface area (Å²) < 4.78 is 0. The molecule has 0 fully saturated rings. The van der Waals surface area contributed by atoms with Gasteiger partial charge in [0.05, 0.1) is 5.92 Å². The minimum Gasteiger partial charge on any atom is -0.481 e. The molecule has 0 aromatic rings. The van der Waals surface area contributed by atoms with E-state index in [1.807, 2.05) is 0 Å². The molecule has 0 rings (SSSR count). The van der Waals surface area contributed by atoms with Crippen molar-refractivity contribution >= 4 is 11.9 Å². The van der Waals surface area contributed by atoms with Gasteiger partial charge in [0.15, 0.2) is 0 Å². The average Bonchev–Trinajstić information content (AvgIpc) is 2.69. The molecular weight excluding hydrogens is 364 g/mol. The predicted octanol–water partition coefficient (Wildman–Crippen LogP) is 7.55. The molecule has 4 nitrogen and oxygen atoms in total. The molecule has 3 unspecified atom stereocenters. The number of carboxylic acid groups (broad SMARTS) is 2. The van der Waals surface area contributed by atoms with E-state index in [0.717, 1.165) is 44.9 Å². The fraction of sp³-hybridized carbons (Fsp3) is 0.920. The second-order valence-corrected chi connectivity index (χ2v) is 9.13. The Balaban J connectivity index is 5.29. The van der Waals surface area contributed by atoms with Crippen molar-refractivity contribution in [1.29, 1.82) is 0 Å². The molecule has 0 saturated carbocycles. The van der Waals surface area contributed by atoms with Crippen LogP contribution in [0.25, 0.3) is 0 Å². The van der Waals surface area contributed by atoms with Crippen LogP contribution in [-0.2, 0) is 9.59 Å². The van der Waals surface area contributed by atoms with Crippen LogP contribution in [0, 0.1) is 23.2 Å². The van der Waals surface area contributed by atoms with Gasteiger partial charge in [0, 0.05) is 6.42 Å². The predicted molar refractivity (Wildman–Crippen MR) is 121 cm³/mol. The Kier molecular flexibility index (Phi) is 15.2. The highest BCUT2D eigenvalue weighted by Gasteiger charge is 2.48. The number of carboxylic acids is 2. The molecule has 0 aliphatic heterocycles. The standard InChI is InChI=1S/C25H48O4/c1-6-9-10-13-16-19-25(20(4)7-2,21(5)8-3)22(24(28)29)17-14-11-12-15-18-23(26)27/h20-22H,6-19H2,1-5H3,(H,26,27)(H,28,29). The SMILES string of the molecule is CCCCCCCC(C(C)CC)(C(C)CC)C(CCCCCCC(=O)O)C(=O)O. The van der Waals surface area contributed by atoms with E-state index in [1.165, 1.54) is 25.7 Å². The molecule has 0 aromatic heterocycles. The van der Waals surface area contributed by atoms with Gasteiger partial charge < -0.3 is 10.2 Å². The van der Waals surface area contributed by atoms with Crippen LogP contribution >= 0.6 is 0 Å². The quantitative estimate of drug-likeness (QED) is 0.215.